The van der Waals surface area contributed by atoms with Crippen LogP contribution in [0.25, 0.3) is 0 Å². The highest BCUT2D eigenvalue weighted by Gasteiger charge is 2.41. The van der Waals surface area contributed by atoms with Gasteiger partial charge in [0.1, 0.15) is 5.75 Å². The maximum Gasteiger partial charge on any atom is 0.192 e. The van der Waals surface area contributed by atoms with Crippen LogP contribution in [0.1, 0.15) is 53.5 Å². The van der Waals surface area contributed by atoms with Crippen LogP contribution in [0.3, 0.4) is 0 Å². The Labute approximate surface area is 180 Å². The molecule has 168 valence electrons. The van der Waals surface area contributed by atoms with Crippen molar-refractivity contribution in [2.24, 2.45) is 17.8 Å². The zero-order chi connectivity index (χ0) is 22.2. The summed E-state index contributed by atoms with van der Waals surface area (Å²) in [7, 11) is -0.225. The van der Waals surface area contributed by atoms with Crippen LogP contribution < -0.4 is 4.74 Å². The molecular weight excluding hydrogens is 380 g/mol. The Bertz CT molecular complexity index is 580. The van der Waals surface area contributed by atoms with Gasteiger partial charge in [-0.1, -0.05) is 53.7 Å². The van der Waals surface area contributed by atoms with E-state index in [1.165, 1.54) is 0 Å². The third-order valence-corrected chi connectivity index (χ3v) is 10.7. The summed E-state index contributed by atoms with van der Waals surface area (Å²) in [6.45, 7) is 19.5. The molecule has 0 unspecified atom stereocenters. The Morgan fingerprint density at radius 1 is 1.00 bits per heavy atom. The molecule has 0 bridgehead atoms. The molecule has 1 N–H and O–H groups in total. The lowest BCUT2D eigenvalue weighted by Crippen LogP contribution is -2.48. The smallest absolute Gasteiger partial charge is 0.192 e. The fraction of sp³-hybridized carbons (Fsp3) is 0.750. The van der Waals surface area contributed by atoms with Crippen molar-refractivity contribution < 1.29 is 19.0 Å². The zero-order valence-corrected chi connectivity index (χ0v) is 21.1. The van der Waals surface area contributed by atoms with Crippen molar-refractivity contribution in [3.05, 3.63) is 29.8 Å². The lowest BCUT2D eigenvalue weighted by molar-refractivity contribution is 0.00419. The minimum atomic E-state index is -1.90. The predicted molar refractivity (Wildman–Crippen MR) is 124 cm³/mol. The summed E-state index contributed by atoms with van der Waals surface area (Å²) < 4.78 is 18.1. The highest BCUT2D eigenvalue weighted by Crippen LogP contribution is 2.39. The van der Waals surface area contributed by atoms with Crippen LogP contribution >= 0.6 is 0 Å². The van der Waals surface area contributed by atoms with E-state index in [1.54, 1.807) is 7.11 Å². The van der Waals surface area contributed by atoms with Crippen LogP contribution in [-0.4, -0.2) is 39.9 Å². The lowest BCUT2D eigenvalue weighted by atomic mass is 9.87. The van der Waals surface area contributed by atoms with Gasteiger partial charge in [-0.25, -0.2) is 0 Å². The van der Waals surface area contributed by atoms with E-state index in [0.717, 1.165) is 17.7 Å². The van der Waals surface area contributed by atoms with E-state index in [4.69, 9.17) is 13.9 Å². The van der Waals surface area contributed by atoms with Crippen molar-refractivity contribution in [1.82, 2.24) is 0 Å². The topological polar surface area (TPSA) is 47.9 Å². The normalized spacial score (nSPS) is 16.9. The highest BCUT2D eigenvalue weighted by atomic mass is 28.4. The van der Waals surface area contributed by atoms with E-state index in [2.05, 4.69) is 54.6 Å². The molecule has 4 nitrogen and oxygen atoms in total. The first kappa shape index (κ1) is 26.2. The van der Waals surface area contributed by atoms with Gasteiger partial charge in [0.2, 0.25) is 0 Å². The summed E-state index contributed by atoms with van der Waals surface area (Å²) in [5.41, 5.74) is 1.14. The fourth-order valence-corrected chi connectivity index (χ4v) is 4.83. The fourth-order valence-electron chi connectivity index (χ4n) is 3.33. The van der Waals surface area contributed by atoms with Gasteiger partial charge in [-0.2, -0.15) is 0 Å². The molecule has 29 heavy (non-hydrogen) atoms. The molecule has 0 heterocycles. The molecule has 0 aliphatic rings. The van der Waals surface area contributed by atoms with Gasteiger partial charge in [-0.3, -0.25) is 0 Å². The number of hydrogen-bond acceptors (Lipinski definition) is 4. The Morgan fingerprint density at radius 3 is 2.07 bits per heavy atom. The van der Waals surface area contributed by atoms with E-state index in [0.29, 0.717) is 19.1 Å². The summed E-state index contributed by atoms with van der Waals surface area (Å²) in [4.78, 5) is 0. The van der Waals surface area contributed by atoms with Gasteiger partial charge < -0.3 is 19.0 Å². The molecule has 0 saturated carbocycles. The van der Waals surface area contributed by atoms with E-state index >= 15 is 0 Å². The van der Waals surface area contributed by atoms with Crippen molar-refractivity contribution >= 4 is 8.32 Å². The Morgan fingerprint density at radius 2 is 1.59 bits per heavy atom. The summed E-state index contributed by atoms with van der Waals surface area (Å²) in [5.74, 6) is 1.79. The second-order valence-corrected chi connectivity index (χ2v) is 14.9. The standard InChI is InChI=1S/C24H44O4Si/c1-18(15-25)14-19(2)23(28-29(8,9)24(4,5)6)20(3)16-27-17-21-10-12-22(26-7)13-11-21/h10-13,18-20,23,25H,14-17H2,1-9H3/t18-,19+,20+,23-/m1/s1. The Balaban J connectivity index is 2.78. The second kappa shape index (κ2) is 11.5. The van der Waals surface area contributed by atoms with Gasteiger partial charge in [0.15, 0.2) is 8.32 Å². The molecule has 1 aromatic carbocycles. The number of benzene rings is 1. The predicted octanol–water partition coefficient (Wildman–Crippen LogP) is 5.89. The minimum Gasteiger partial charge on any atom is -0.497 e. The molecule has 0 aliphatic carbocycles. The number of ether oxygens (including phenoxy) is 2. The van der Waals surface area contributed by atoms with E-state index < -0.39 is 8.32 Å². The van der Waals surface area contributed by atoms with Gasteiger partial charge >= 0.3 is 0 Å². The van der Waals surface area contributed by atoms with Gasteiger partial charge in [-0.05, 0) is 54.1 Å². The van der Waals surface area contributed by atoms with Crippen LogP contribution in [0.5, 0.6) is 5.75 Å². The first-order valence-electron chi connectivity index (χ1n) is 10.9. The average molecular weight is 425 g/mol. The summed E-state index contributed by atoms with van der Waals surface area (Å²) in [6.07, 6.45) is 1.08. The minimum absolute atomic E-state index is 0.126. The molecule has 4 atom stereocenters. The van der Waals surface area contributed by atoms with Crippen molar-refractivity contribution in [1.29, 1.82) is 0 Å². The average Bonchev–Trinajstić information content (AvgIpc) is 2.65. The van der Waals surface area contributed by atoms with Crippen LogP contribution in [0, 0.1) is 17.8 Å². The van der Waals surface area contributed by atoms with Crippen LogP contribution in [0.15, 0.2) is 24.3 Å². The number of aliphatic hydroxyl groups is 1. The van der Waals surface area contributed by atoms with E-state index in [-0.39, 0.29) is 29.6 Å². The monoisotopic (exact) mass is 424 g/mol. The zero-order valence-electron chi connectivity index (χ0n) is 20.1. The van der Waals surface area contributed by atoms with Crippen LogP contribution in [0.2, 0.25) is 18.1 Å². The van der Waals surface area contributed by atoms with Gasteiger partial charge in [0.05, 0.1) is 26.4 Å². The molecule has 0 spiro atoms. The third kappa shape index (κ3) is 8.40. The largest absolute Gasteiger partial charge is 0.497 e. The summed E-state index contributed by atoms with van der Waals surface area (Å²) in [5, 5.41) is 9.67. The van der Waals surface area contributed by atoms with Crippen molar-refractivity contribution in [2.75, 3.05) is 20.3 Å². The first-order valence-corrected chi connectivity index (χ1v) is 13.8. The SMILES string of the molecule is COc1ccc(COC[C@H](C)[C@H](O[Si](C)(C)C(C)(C)C)[C@@H](C)C[C@@H](C)CO)cc1. The quantitative estimate of drug-likeness (QED) is 0.425. The number of methoxy groups -OCH3 is 1. The molecule has 1 rings (SSSR count). The maximum absolute atomic E-state index is 9.50. The summed E-state index contributed by atoms with van der Waals surface area (Å²) >= 11 is 0. The summed E-state index contributed by atoms with van der Waals surface area (Å²) in [6, 6.07) is 8.00. The molecule has 1 aromatic rings. The maximum atomic E-state index is 9.50. The highest BCUT2D eigenvalue weighted by molar-refractivity contribution is 6.74. The molecule has 0 amide bonds. The first-order chi connectivity index (χ1) is 13.4. The third-order valence-electron chi connectivity index (χ3n) is 6.25. The van der Waals surface area contributed by atoms with Crippen molar-refractivity contribution in [2.45, 2.75) is 78.8 Å². The Hall–Kier alpha value is -0.883. The Kier molecular flexibility index (Phi) is 10.4. The molecule has 0 radical (unpaired) electrons. The van der Waals surface area contributed by atoms with Crippen LogP contribution in [-0.2, 0) is 15.8 Å². The van der Waals surface area contributed by atoms with E-state index in [1.807, 2.05) is 24.3 Å². The molecule has 0 aromatic heterocycles. The van der Waals surface area contributed by atoms with Crippen molar-refractivity contribution in [3.8, 4) is 5.75 Å². The van der Waals surface area contributed by atoms with Gasteiger partial charge in [0.25, 0.3) is 0 Å². The van der Waals surface area contributed by atoms with Crippen molar-refractivity contribution in [3.63, 3.8) is 0 Å². The lowest BCUT2D eigenvalue weighted by Gasteiger charge is -2.43. The second-order valence-electron chi connectivity index (χ2n) is 10.2. The molecule has 5 heteroatoms. The number of rotatable bonds is 12. The van der Waals surface area contributed by atoms with Gasteiger partial charge in [0, 0.05) is 12.5 Å². The number of aliphatic hydroxyl groups excluding tert-OH is 1. The molecule has 0 saturated heterocycles. The van der Waals surface area contributed by atoms with Crippen LogP contribution in [0.4, 0.5) is 0 Å². The van der Waals surface area contributed by atoms with Gasteiger partial charge in [-0.15, -0.1) is 0 Å². The van der Waals surface area contributed by atoms with E-state index in [9.17, 15) is 5.11 Å². The molecule has 0 aliphatic heterocycles. The molecule has 0 fully saturated rings. The molecular formula is C24H44O4Si. The number of hydrogen-bond donors (Lipinski definition) is 1.